The van der Waals surface area contributed by atoms with Crippen LogP contribution < -0.4 is 14.8 Å². The number of thioether (sulfide) groups is 1. The predicted octanol–water partition coefficient (Wildman–Crippen LogP) is 4.72. The molecule has 2 aromatic rings. The highest BCUT2D eigenvalue weighted by Gasteiger charge is 2.36. The molecule has 1 saturated heterocycles. The van der Waals surface area contributed by atoms with Crippen LogP contribution in [0, 0.1) is 0 Å². The number of imide groups is 1. The third kappa shape index (κ3) is 5.70. The van der Waals surface area contributed by atoms with E-state index in [9.17, 15) is 14.4 Å². The van der Waals surface area contributed by atoms with Gasteiger partial charge in [-0.05, 0) is 66.1 Å². The van der Waals surface area contributed by atoms with E-state index in [-0.39, 0.29) is 11.4 Å². The molecule has 168 valence electrons. The van der Waals surface area contributed by atoms with Crippen molar-refractivity contribution in [2.24, 2.45) is 0 Å². The molecule has 0 atom stereocenters. The van der Waals surface area contributed by atoms with E-state index in [0.717, 1.165) is 35.1 Å². The molecule has 7 nitrogen and oxygen atoms in total. The lowest BCUT2D eigenvalue weighted by Gasteiger charge is -2.12. The van der Waals surface area contributed by atoms with Gasteiger partial charge in [-0.25, -0.2) is 0 Å². The van der Waals surface area contributed by atoms with Gasteiger partial charge in [-0.15, -0.1) is 0 Å². The summed E-state index contributed by atoms with van der Waals surface area (Å²) in [5.41, 5.74) is 2.46. The molecular formula is C24H26N2O5S. The van der Waals surface area contributed by atoms with Crippen molar-refractivity contribution in [3.63, 3.8) is 0 Å². The summed E-state index contributed by atoms with van der Waals surface area (Å²) in [6.45, 7) is 4.29. The molecule has 8 heteroatoms. The number of hydrogen-bond acceptors (Lipinski definition) is 6. The van der Waals surface area contributed by atoms with Gasteiger partial charge in [0.05, 0.1) is 18.6 Å². The van der Waals surface area contributed by atoms with Gasteiger partial charge in [0.15, 0.2) is 11.5 Å². The van der Waals surface area contributed by atoms with Gasteiger partial charge in [-0.2, -0.15) is 0 Å². The number of nitrogens with zero attached hydrogens (tertiary/aromatic N) is 1. The summed E-state index contributed by atoms with van der Waals surface area (Å²) >= 11 is 0.808. The van der Waals surface area contributed by atoms with Crippen LogP contribution in [-0.4, -0.2) is 42.2 Å². The number of rotatable bonds is 9. The first-order valence-corrected chi connectivity index (χ1v) is 11.2. The average Bonchev–Trinajstić information content (AvgIpc) is 3.05. The van der Waals surface area contributed by atoms with Gasteiger partial charge in [-0.1, -0.05) is 32.0 Å². The van der Waals surface area contributed by atoms with Gasteiger partial charge in [-0.3, -0.25) is 19.3 Å². The maximum atomic E-state index is 12.7. The Morgan fingerprint density at radius 3 is 2.50 bits per heavy atom. The van der Waals surface area contributed by atoms with Crippen LogP contribution in [0.3, 0.4) is 0 Å². The Morgan fingerprint density at radius 2 is 1.84 bits per heavy atom. The highest BCUT2D eigenvalue weighted by Crippen LogP contribution is 2.34. The maximum Gasteiger partial charge on any atom is 0.294 e. The quantitative estimate of drug-likeness (QED) is 0.552. The summed E-state index contributed by atoms with van der Waals surface area (Å²) < 4.78 is 11.0. The molecule has 0 aromatic heterocycles. The van der Waals surface area contributed by atoms with Crippen LogP contribution in [0.4, 0.5) is 10.5 Å². The molecule has 1 aliphatic heterocycles. The second kappa shape index (κ2) is 10.9. The topological polar surface area (TPSA) is 84.9 Å². The fourth-order valence-electron chi connectivity index (χ4n) is 3.06. The molecule has 1 heterocycles. The van der Waals surface area contributed by atoms with Crippen molar-refractivity contribution >= 4 is 40.6 Å². The zero-order valence-electron chi connectivity index (χ0n) is 18.3. The Balaban J connectivity index is 1.68. The van der Waals surface area contributed by atoms with E-state index >= 15 is 0 Å². The van der Waals surface area contributed by atoms with Crippen LogP contribution in [-0.2, 0) is 16.0 Å². The zero-order valence-corrected chi connectivity index (χ0v) is 19.2. The minimum atomic E-state index is -0.498. The largest absolute Gasteiger partial charge is 0.493 e. The second-order valence-electron chi connectivity index (χ2n) is 7.13. The minimum Gasteiger partial charge on any atom is -0.493 e. The van der Waals surface area contributed by atoms with Crippen LogP contribution in [0.15, 0.2) is 47.4 Å². The number of carbonyl (C=O) groups excluding carboxylic acids is 3. The Morgan fingerprint density at radius 1 is 1.09 bits per heavy atom. The lowest BCUT2D eigenvalue weighted by atomic mass is 10.1. The first-order chi connectivity index (χ1) is 15.4. The monoisotopic (exact) mass is 454 g/mol. The zero-order chi connectivity index (χ0) is 23.1. The van der Waals surface area contributed by atoms with Gasteiger partial charge in [0.25, 0.3) is 11.1 Å². The van der Waals surface area contributed by atoms with Crippen molar-refractivity contribution in [1.29, 1.82) is 0 Å². The number of anilines is 1. The highest BCUT2D eigenvalue weighted by atomic mass is 32.2. The predicted molar refractivity (Wildman–Crippen MR) is 126 cm³/mol. The molecule has 0 radical (unpaired) electrons. The van der Waals surface area contributed by atoms with Gasteiger partial charge >= 0.3 is 0 Å². The number of aryl methyl sites for hydroxylation is 1. The van der Waals surface area contributed by atoms with E-state index in [0.29, 0.717) is 29.4 Å². The van der Waals surface area contributed by atoms with E-state index < -0.39 is 17.1 Å². The fraction of sp³-hybridized carbons (Fsp3) is 0.292. The molecule has 0 spiro atoms. The summed E-state index contributed by atoms with van der Waals surface area (Å²) in [4.78, 5) is 38.7. The Hall–Kier alpha value is -3.26. The third-order valence-corrected chi connectivity index (χ3v) is 5.68. The number of methoxy groups -OCH3 is 1. The third-order valence-electron chi connectivity index (χ3n) is 4.77. The summed E-state index contributed by atoms with van der Waals surface area (Å²) in [5, 5.41) is 2.24. The van der Waals surface area contributed by atoms with E-state index in [4.69, 9.17) is 9.47 Å². The van der Waals surface area contributed by atoms with Crippen molar-refractivity contribution in [3.05, 3.63) is 58.5 Å². The van der Waals surface area contributed by atoms with Crippen LogP contribution in [0.5, 0.6) is 11.5 Å². The number of amides is 3. The summed E-state index contributed by atoms with van der Waals surface area (Å²) in [6.07, 6.45) is 3.38. The molecular weight excluding hydrogens is 428 g/mol. The number of carbonyl (C=O) groups is 3. The summed E-state index contributed by atoms with van der Waals surface area (Å²) in [7, 11) is 1.54. The van der Waals surface area contributed by atoms with Gasteiger partial charge < -0.3 is 14.8 Å². The van der Waals surface area contributed by atoms with Crippen molar-refractivity contribution in [2.75, 3.05) is 25.6 Å². The van der Waals surface area contributed by atoms with Crippen LogP contribution in [0.1, 0.15) is 31.4 Å². The molecule has 1 N–H and O–H groups in total. The molecule has 0 aliphatic carbocycles. The van der Waals surface area contributed by atoms with E-state index in [2.05, 4.69) is 5.32 Å². The molecule has 3 amide bonds. The summed E-state index contributed by atoms with van der Waals surface area (Å²) in [6, 6.07) is 12.7. The van der Waals surface area contributed by atoms with Gasteiger partial charge in [0.1, 0.15) is 6.54 Å². The van der Waals surface area contributed by atoms with E-state index in [1.165, 1.54) is 0 Å². The van der Waals surface area contributed by atoms with Crippen LogP contribution in [0.25, 0.3) is 6.08 Å². The second-order valence-corrected chi connectivity index (χ2v) is 8.12. The van der Waals surface area contributed by atoms with E-state index in [1.807, 2.05) is 26.0 Å². The van der Waals surface area contributed by atoms with Gasteiger partial charge in [0, 0.05) is 5.69 Å². The lowest BCUT2D eigenvalue weighted by molar-refractivity contribution is -0.127. The van der Waals surface area contributed by atoms with Gasteiger partial charge in [0.2, 0.25) is 5.91 Å². The average molecular weight is 455 g/mol. The highest BCUT2D eigenvalue weighted by molar-refractivity contribution is 8.18. The van der Waals surface area contributed by atoms with Crippen molar-refractivity contribution in [1.82, 2.24) is 4.90 Å². The minimum absolute atomic E-state index is 0.249. The molecule has 0 unspecified atom stereocenters. The molecule has 0 saturated carbocycles. The molecule has 3 rings (SSSR count). The number of hydrogen-bond donors (Lipinski definition) is 1. The van der Waals surface area contributed by atoms with Crippen LogP contribution >= 0.6 is 11.8 Å². The number of ether oxygens (including phenoxy) is 2. The fourth-order valence-corrected chi connectivity index (χ4v) is 3.90. The Labute approximate surface area is 191 Å². The first kappa shape index (κ1) is 23.4. The van der Waals surface area contributed by atoms with Crippen molar-refractivity contribution < 1.29 is 23.9 Å². The number of benzene rings is 2. The number of nitrogens with one attached hydrogen (secondary N) is 1. The maximum absolute atomic E-state index is 12.7. The Bertz CT molecular complexity index is 1030. The molecule has 1 fully saturated rings. The SMILES string of the molecule is CCCOc1ccc(/C=C2\SC(=O)N(CC(=O)Nc3ccc(CC)cc3)C2=O)cc1OC. The Kier molecular flexibility index (Phi) is 7.94. The lowest BCUT2D eigenvalue weighted by Crippen LogP contribution is -2.36. The molecule has 32 heavy (non-hydrogen) atoms. The van der Waals surface area contributed by atoms with Crippen molar-refractivity contribution in [3.8, 4) is 11.5 Å². The first-order valence-electron chi connectivity index (χ1n) is 10.4. The van der Waals surface area contributed by atoms with Crippen LogP contribution in [0.2, 0.25) is 0 Å². The molecule has 2 aromatic carbocycles. The molecule has 0 bridgehead atoms. The van der Waals surface area contributed by atoms with Crippen molar-refractivity contribution in [2.45, 2.75) is 26.7 Å². The normalized spacial score (nSPS) is 14.7. The van der Waals surface area contributed by atoms with E-state index in [1.54, 1.807) is 43.5 Å². The standard InChI is InChI=1S/C24H26N2O5S/c1-4-12-31-19-11-8-17(13-20(19)30-3)14-21-23(28)26(24(29)32-21)15-22(27)25-18-9-6-16(5-2)7-10-18/h6-11,13-14H,4-5,12,15H2,1-3H3,(H,25,27)/b21-14-. The summed E-state index contributed by atoms with van der Waals surface area (Å²) in [5.74, 6) is 0.224. The smallest absolute Gasteiger partial charge is 0.294 e. The molecule has 1 aliphatic rings.